The summed E-state index contributed by atoms with van der Waals surface area (Å²) in [7, 11) is 1.50. The minimum atomic E-state index is -0.648. The topological polar surface area (TPSA) is 90.4 Å². The monoisotopic (exact) mass is 227 g/mol. The number of carbonyl (C=O) groups is 1. The number of rotatable bonds is 5. The Kier molecular flexibility index (Phi) is 4.45. The summed E-state index contributed by atoms with van der Waals surface area (Å²) in [6.07, 6.45) is 0. The van der Waals surface area contributed by atoms with Crippen LogP contribution in [0.4, 0.5) is 0 Å². The van der Waals surface area contributed by atoms with Crippen molar-refractivity contribution < 1.29 is 14.1 Å². The summed E-state index contributed by atoms with van der Waals surface area (Å²) in [5, 5.41) is 6.50. The summed E-state index contributed by atoms with van der Waals surface area (Å²) >= 11 is 0. The molecule has 90 valence electrons. The molecule has 1 atom stereocenters. The fourth-order valence-corrected chi connectivity index (χ4v) is 1.32. The van der Waals surface area contributed by atoms with Gasteiger partial charge in [0.25, 0.3) is 0 Å². The largest absolute Gasteiger partial charge is 0.383 e. The van der Waals surface area contributed by atoms with E-state index in [1.807, 2.05) is 6.92 Å². The molecule has 0 aromatic carbocycles. The van der Waals surface area contributed by atoms with E-state index in [0.29, 0.717) is 12.3 Å². The zero-order valence-corrected chi connectivity index (χ0v) is 9.74. The molecule has 0 aliphatic carbocycles. The van der Waals surface area contributed by atoms with Gasteiger partial charge in [-0.25, -0.2) is 0 Å². The second kappa shape index (κ2) is 5.62. The molecule has 1 heterocycles. The van der Waals surface area contributed by atoms with Gasteiger partial charge in [-0.3, -0.25) is 4.79 Å². The summed E-state index contributed by atoms with van der Waals surface area (Å²) in [6.45, 7) is 4.20. The lowest BCUT2D eigenvalue weighted by Gasteiger charge is -2.10. The van der Waals surface area contributed by atoms with Gasteiger partial charge in [0.1, 0.15) is 11.8 Å². The van der Waals surface area contributed by atoms with E-state index in [1.54, 1.807) is 6.92 Å². The highest BCUT2D eigenvalue weighted by Crippen LogP contribution is 2.11. The van der Waals surface area contributed by atoms with Crippen LogP contribution in [0.25, 0.3) is 0 Å². The summed E-state index contributed by atoms with van der Waals surface area (Å²) < 4.78 is 9.77. The number of methoxy groups -OCH3 is 1. The third kappa shape index (κ3) is 3.04. The van der Waals surface area contributed by atoms with Crippen molar-refractivity contribution in [2.24, 2.45) is 5.73 Å². The Balaban J connectivity index is 2.49. The van der Waals surface area contributed by atoms with Gasteiger partial charge in [-0.1, -0.05) is 5.16 Å². The molecule has 0 aliphatic heterocycles. The van der Waals surface area contributed by atoms with E-state index < -0.39 is 6.04 Å². The molecule has 1 amide bonds. The van der Waals surface area contributed by atoms with Crippen LogP contribution in [-0.2, 0) is 16.1 Å². The first-order chi connectivity index (χ1) is 7.56. The Bertz CT molecular complexity index is 343. The fraction of sp³-hybridized carbons (Fsp3) is 0.600. The van der Waals surface area contributed by atoms with Crippen molar-refractivity contribution in [1.82, 2.24) is 10.5 Å². The van der Waals surface area contributed by atoms with E-state index in [4.69, 9.17) is 15.0 Å². The first-order valence-corrected chi connectivity index (χ1v) is 5.00. The zero-order valence-electron chi connectivity index (χ0n) is 9.74. The Morgan fingerprint density at radius 1 is 1.62 bits per heavy atom. The van der Waals surface area contributed by atoms with Crippen molar-refractivity contribution in [3.63, 3.8) is 0 Å². The van der Waals surface area contributed by atoms with Gasteiger partial charge in [-0.05, 0) is 13.8 Å². The van der Waals surface area contributed by atoms with Crippen molar-refractivity contribution in [3.05, 3.63) is 17.0 Å². The minimum absolute atomic E-state index is 0.202. The van der Waals surface area contributed by atoms with Gasteiger partial charge in [0, 0.05) is 19.2 Å². The molecule has 1 unspecified atom stereocenters. The van der Waals surface area contributed by atoms with Gasteiger partial charge in [0.05, 0.1) is 12.3 Å². The predicted molar refractivity (Wildman–Crippen MR) is 57.7 cm³/mol. The van der Waals surface area contributed by atoms with Crippen LogP contribution < -0.4 is 11.1 Å². The lowest BCUT2D eigenvalue weighted by molar-refractivity contribution is -0.123. The molecule has 1 rings (SSSR count). The van der Waals surface area contributed by atoms with E-state index in [0.717, 1.165) is 11.3 Å². The first-order valence-electron chi connectivity index (χ1n) is 5.00. The normalized spacial score (nSPS) is 12.5. The number of nitrogens with two attached hydrogens (primary N) is 1. The maximum Gasteiger partial charge on any atom is 0.239 e. The molecule has 16 heavy (non-hydrogen) atoms. The van der Waals surface area contributed by atoms with Crippen LogP contribution in [0.1, 0.15) is 17.0 Å². The van der Waals surface area contributed by atoms with E-state index in [1.165, 1.54) is 7.11 Å². The van der Waals surface area contributed by atoms with Gasteiger partial charge in [-0.15, -0.1) is 0 Å². The van der Waals surface area contributed by atoms with Crippen molar-refractivity contribution in [2.45, 2.75) is 26.4 Å². The molecule has 0 radical (unpaired) electrons. The Morgan fingerprint density at radius 2 is 2.31 bits per heavy atom. The lowest BCUT2D eigenvalue weighted by atomic mass is 10.2. The van der Waals surface area contributed by atoms with E-state index in [9.17, 15) is 4.79 Å². The third-order valence-electron chi connectivity index (χ3n) is 2.30. The summed E-state index contributed by atoms with van der Waals surface area (Å²) in [4.78, 5) is 11.5. The average Bonchev–Trinajstić information content (AvgIpc) is 2.56. The van der Waals surface area contributed by atoms with E-state index >= 15 is 0 Å². The van der Waals surface area contributed by atoms with Crippen LogP contribution in [-0.4, -0.2) is 30.8 Å². The smallest absolute Gasteiger partial charge is 0.239 e. The Labute approximate surface area is 94.1 Å². The van der Waals surface area contributed by atoms with Gasteiger partial charge < -0.3 is 20.3 Å². The predicted octanol–water partition coefficient (Wildman–Crippen LogP) is -0.119. The summed E-state index contributed by atoms with van der Waals surface area (Å²) in [6, 6.07) is -0.648. The van der Waals surface area contributed by atoms with Crippen LogP contribution in [0.2, 0.25) is 0 Å². The van der Waals surface area contributed by atoms with Crippen molar-refractivity contribution >= 4 is 5.91 Å². The molecule has 0 saturated heterocycles. The van der Waals surface area contributed by atoms with Gasteiger partial charge in [0.2, 0.25) is 5.91 Å². The number of amides is 1. The highest BCUT2D eigenvalue weighted by molar-refractivity contribution is 5.81. The maximum atomic E-state index is 11.5. The SMILES string of the molecule is COCC(N)C(=O)NCc1c(C)noc1C. The zero-order chi connectivity index (χ0) is 12.1. The molecule has 1 aromatic heterocycles. The standard InChI is InChI=1S/C10H17N3O3/c1-6-8(7(2)16-13-6)4-12-10(14)9(11)5-15-3/h9H,4-5,11H2,1-3H3,(H,12,14). The highest BCUT2D eigenvalue weighted by atomic mass is 16.5. The number of hydrogen-bond donors (Lipinski definition) is 2. The van der Waals surface area contributed by atoms with Crippen LogP contribution in [0, 0.1) is 13.8 Å². The van der Waals surface area contributed by atoms with Crippen molar-refractivity contribution in [2.75, 3.05) is 13.7 Å². The van der Waals surface area contributed by atoms with Gasteiger partial charge in [-0.2, -0.15) is 0 Å². The number of aromatic nitrogens is 1. The highest BCUT2D eigenvalue weighted by Gasteiger charge is 2.15. The summed E-state index contributed by atoms with van der Waals surface area (Å²) in [5.41, 5.74) is 7.23. The number of ether oxygens (including phenoxy) is 1. The molecular weight excluding hydrogens is 210 g/mol. The number of aryl methyl sites for hydroxylation is 2. The molecule has 1 aromatic rings. The lowest BCUT2D eigenvalue weighted by Crippen LogP contribution is -2.43. The Hall–Kier alpha value is -1.40. The summed E-state index contributed by atoms with van der Waals surface area (Å²) in [5.74, 6) is 0.458. The maximum absolute atomic E-state index is 11.5. The van der Waals surface area contributed by atoms with E-state index in [-0.39, 0.29) is 12.5 Å². The molecule has 0 saturated carbocycles. The van der Waals surface area contributed by atoms with Crippen LogP contribution in [0.15, 0.2) is 4.52 Å². The first kappa shape index (κ1) is 12.7. The molecule has 0 bridgehead atoms. The molecule has 3 N–H and O–H groups in total. The second-order valence-corrected chi connectivity index (χ2v) is 3.58. The number of carbonyl (C=O) groups excluding carboxylic acids is 1. The molecular formula is C10H17N3O3. The minimum Gasteiger partial charge on any atom is -0.383 e. The average molecular weight is 227 g/mol. The second-order valence-electron chi connectivity index (χ2n) is 3.58. The molecule has 6 nitrogen and oxygen atoms in total. The third-order valence-corrected chi connectivity index (χ3v) is 2.30. The van der Waals surface area contributed by atoms with Crippen LogP contribution in [0.5, 0.6) is 0 Å². The van der Waals surface area contributed by atoms with Gasteiger partial charge >= 0.3 is 0 Å². The number of nitrogens with zero attached hydrogens (tertiary/aromatic N) is 1. The molecule has 0 fully saturated rings. The molecule has 6 heteroatoms. The number of nitrogens with one attached hydrogen (secondary N) is 1. The van der Waals surface area contributed by atoms with Crippen LogP contribution >= 0.6 is 0 Å². The molecule has 0 aliphatic rings. The fourth-order valence-electron chi connectivity index (χ4n) is 1.32. The Morgan fingerprint density at radius 3 is 2.81 bits per heavy atom. The quantitative estimate of drug-likeness (QED) is 0.732. The van der Waals surface area contributed by atoms with Crippen LogP contribution in [0.3, 0.4) is 0 Å². The van der Waals surface area contributed by atoms with Crippen molar-refractivity contribution in [1.29, 1.82) is 0 Å². The van der Waals surface area contributed by atoms with Gasteiger partial charge in [0.15, 0.2) is 0 Å². The molecule has 0 spiro atoms. The van der Waals surface area contributed by atoms with Crippen molar-refractivity contribution in [3.8, 4) is 0 Å². The number of hydrogen-bond acceptors (Lipinski definition) is 5. The van der Waals surface area contributed by atoms with E-state index in [2.05, 4.69) is 10.5 Å².